The number of methoxy groups -OCH3 is 1. The molecule has 0 fully saturated rings. The van der Waals surface area contributed by atoms with Crippen LogP contribution in [0.5, 0.6) is 11.5 Å². The highest BCUT2D eigenvalue weighted by molar-refractivity contribution is 5.82. The topological polar surface area (TPSA) is 100 Å². The summed E-state index contributed by atoms with van der Waals surface area (Å²) in [4.78, 5) is 13.9. The summed E-state index contributed by atoms with van der Waals surface area (Å²) in [6.07, 6.45) is 3.85. The molecule has 0 bridgehead atoms. The molecule has 1 aromatic heterocycles. The van der Waals surface area contributed by atoms with E-state index in [0.29, 0.717) is 12.1 Å². The van der Waals surface area contributed by atoms with Crippen molar-refractivity contribution in [2.75, 3.05) is 13.7 Å². The van der Waals surface area contributed by atoms with Crippen LogP contribution in [0.3, 0.4) is 0 Å². The number of benzene rings is 2. The summed E-state index contributed by atoms with van der Waals surface area (Å²) in [6.45, 7) is 1.06. The Morgan fingerprint density at radius 1 is 1.27 bits per heavy atom. The molecule has 0 radical (unpaired) electrons. The number of aromatic amines is 1. The first-order valence-electron chi connectivity index (χ1n) is 8.40. The van der Waals surface area contributed by atoms with Crippen molar-refractivity contribution in [3.05, 3.63) is 63.8 Å². The Kier molecular flexibility index (Phi) is 5.38. The first-order chi connectivity index (χ1) is 12.6. The van der Waals surface area contributed by atoms with Gasteiger partial charge in [0.25, 0.3) is 5.69 Å². The molecule has 0 saturated carbocycles. The van der Waals surface area contributed by atoms with Gasteiger partial charge < -0.3 is 20.1 Å². The third kappa shape index (κ3) is 3.78. The van der Waals surface area contributed by atoms with Gasteiger partial charge in [-0.2, -0.15) is 0 Å². The van der Waals surface area contributed by atoms with Crippen LogP contribution >= 0.6 is 0 Å². The van der Waals surface area contributed by atoms with E-state index < -0.39 is 4.92 Å². The molecule has 136 valence electrons. The molecule has 7 heteroatoms. The van der Waals surface area contributed by atoms with Gasteiger partial charge in [0.15, 0.2) is 11.5 Å². The SMILES string of the molecule is COc1cc(CNCCCc2c[nH]c3ccccc23)c([N+](=O)[O-])cc1O. The highest BCUT2D eigenvalue weighted by Crippen LogP contribution is 2.33. The van der Waals surface area contributed by atoms with Gasteiger partial charge in [-0.25, -0.2) is 0 Å². The van der Waals surface area contributed by atoms with Gasteiger partial charge in [-0.3, -0.25) is 10.1 Å². The summed E-state index contributed by atoms with van der Waals surface area (Å²) in [6, 6.07) is 10.8. The zero-order valence-electron chi connectivity index (χ0n) is 14.5. The molecular formula is C19H21N3O4. The lowest BCUT2D eigenvalue weighted by Crippen LogP contribution is -2.16. The van der Waals surface area contributed by atoms with E-state index in [1.807, 2.05) is 18.3 Å². The number of fused-ring (bicyclic) bond motifs is 1. The van der Waals surface area contributed by atoms with E-state index in [9.17, 15) is 15.2 Å². The van der Waals surface area contributed by atoms with Gasteiger partial charge in [0.05, 0.1) is 18.1 Å². The van der Waals surface area contributed by atoms with Crippen molar-refractivity contribution in [2.45, 2.75) is 19.4 Å². The molecule has 0 aliphatic carbocycles. The summed E-state index contributed by atoms with van der Waals surface area (Å²) < 4.78 is 5.03. The maximum Gasteiger partial charge on any atom is 0.277 e. The number of hydrogen-bond acceptors (Lipinski definition) is 5. The standard InChI is InChI=1S/C19H21N3O4/c1-26-19-9-14(17(22(24)25)10-18(19)23)11-20-8-4-5-13-12-21-16-7-3-2-6-15(13)16/h2-3,6-7,9-10,12,20-21,23H,4-5,8,11H2,1H3. The Labute approximate surface area is 150 Å². The van der Waals surface area contributed by atoms with Crippen LogP contribution in [0.1, 0.15) is 17.5 Å². The monoisotopic (exact) mass is 355 g/mol. The van der Waals surface area contributed by atoms with Crippen molar-refractivity contribution in [3.63, 3.8) is 0 Å². The minimum Gasteiger partial charge on any atom is -0.504 e. The molecule has 0 spiro atoms. The Bertz CT molecular complexity index is 920. The molecule has 26 heavy (non-hydrogen) atoms. The minimum absolute atomic E-state index is 0.118. The number of aryl methyl sites for hydroxylation is 1. The number of hydrogen-bond donors (Lipinski definition) is 3. The molecule has 0 amide bonds. The minimum atomic E-state index is -0.498. The van der Waals surface area contributed by atoms with Crippen LogP contribution in [0.4, 0.5) is 5.69 Å². The number of nitrogens with one attached hydrogen (secondary N) is 2. The van der Waals surface area contributed by atoms with Crippen LogP contribution in [0.2, 0.25) is 0 Å². The molecular weight excluding hydrogens is 334 g/mol. The number of aromatic nitrogens is 1. The Balaban J connectivity index is 1.57. The average Bonchev–Trinajstić information content (AvgIpc) is 3.05. The van der Waals surface area contributed by atoms with Gasteiger partial charge in [-0.15, -0.1) is 0 Å². The molecule has 0 aliphatic rings. The van der Waals surface area contributed by atoms with Crippen LogP contribution in [-0.4, -0.2) is 28.7 Å². The molecule has 0 atom stereocenters. The van der Waals surface area contributed by atoms with Crippen molar-refractivity contribution >= 4 is 16.6 Å². The van der Waals surface area contributed by atoms with E-state index in [0.717, 1.165) is 31.0 Å². The number of ether oxygens (including phenoxy) is 1. The zero-order chi connectivity index (χ0) is 18.5. The van der Waals surface area contributed by atoms with Crippen molar-refractivity contribution in [1.29, 1.82) is 0 Å². The molecule has 3 aromatic rings. The summed E-state index contributed by atoms with van der Waals surface area (Å²) in [5.41, 5.74) is 2.76. The van der Waals surface area contributed by atoms with Gasteiger partial charge in [0, 0.05) is 29.2 Å². The van der Waals surface area contributed by atoms with E-state index >= 15 is 0 Å². The number of H-pyrrole nitrogens is 1. The molecule has 3 N–H and O–H groups in total. The first kappa shape index (κ1) is 17.8. The molecule has 0 saturated heterocycles. The number of phenolic OH excluding ortho intramolecular Hbond substituents is 1. The van der Waals surface area contributed by atoms with Crippen molar-refractivity contribution in [3.8, 4) is 11.5 Å². The number of nitrogens with zero attached hydrogens (tertiary/aromatic N) is 1. The first-order valence-corrected chi connectivity index (χ1v) is 8.40. The normalized spacial score (nSPS) is 11.0. The van der Waals surface area contributed by atoms with Gasteiger partial charge >= 0.3 is 0 Å². The lowest BCUT2D eigenvalue weighted by Gasteiger charge is -2.09. The van der Waals surface area contributed by atoms with Crippen LogP contribution < -0.4 is 10.1 Å². The van der Waals surface area contributed by atoms with Gasteiger partial charge in [0.1, 0.15) is 0 Å². The number of aromatic hydroxyl groups is 1. The highest BCUT2D eigenvalue weighted by atomic mass is 16.6. The molecule has 1 heterocycles. The van der Waals surface area contributed by atoms with Gasteiger partial charge in [-0.05, 0) is 37.1 Å². The second kappa shape index (κ2) is 7.88. The number of nitro groups is 1. The number of rotatable bonds is 8. The van der Waals surface area contributed by atoms with E-state index in [-0.39, 0.29) is 17.2 Å². The largest absolute Gasteiger partial charge is 0.504 e. The second-order valence-electron chi connectivity index (χ2n) is 6.05. The number of para-hydroxylation sites is 1. The van der Waals surface area contributed by atoms with Crippen LogP contribution in [0.25, 0.3) is 10.9 Å². The van der Waals surface area contributed by atoms with E-state index in [1.165, 1.54) is 24.1 Å². The maximum absolute atomic E-state index is 11.2. The maximum atomic E-state index is 11.2. The fourth-order valence-electron chi connectivity index (χ4n) is 3.04. The van der Waals surface area contributed by atoms with Crippen LogP contribution in [0, 0.1) is 10.1 Å². The predicted molar refractivity (Wildman–Crippen MR) is 99.6 cm³/mol. The van der Waals surface area contributed by atoms with Gasteiger partial charge in [0.2, 0.25) is 0 Å². The fourth-order valence-corrected chi connectivity index (χ4v) is 3.04. The number of phenols is 1. The summed E-state index contributed by atoms with van der Waals surface area (Å²) in [5, 5.41) is 25.3. The lowest BCUT2D eigenvalue weighted by atomic mass is 10.1. The quantitative estimate of drug-likeness (QED) is 0.326. The van der Waals surface area contributed by atoms with Crippen molar-refractivity contribution in [1.82, 2.24) is 10.3 Å². The van der Waals surface area contributed by atoms with Crippen molar-refractivity contribution < 1.29 is 14.8 Å². The lowest BCUT2D eigenvalue weighted by molar-refractivity contribution is -0.385. The number of nitro benzene ring substituents is 1. The summed E-state index contributed by atoms with van der Waals surface area (Å²) in [5.74, 6) is -0.00604. The Morgan fingerprint density at radius 2 is 2.08 bits per heavy atom. The zero-order valence-corrected chi connectivity index (χ0v) is 14.5. The third-order valence-corrected chi connectivity index (χ3v) is 4.37. The van der Waals surface area contributed by atoms with Crippen LogP contribution in [0.15, 0.2) is 42.6 Å². The summed E-state index contributed by atoms with van der Waals surface area (Å²) in [7, 11) is 1.42. The smallest absolute Gasteiger partial charge is 0.277 e. The van der Waals surface area contributed by atoms with Crippen molar-refractivity contribution in [2.24, 2.45) is 0 Å². The molecule has 7 nitrogen and oxygen atoms in total. The highest BCUT2D eigenvalue weighted by Gasteiger charge is 2.18. The molecule has 2 aromatic carbocycles. The summed E-state index contributed by atoms with van der Waals surface area (Å²) >= 11 is 0. The van der Waals surface area contributed by atoms with Gasteiger partial charge in [-0.1, -0.05) is 18.2 Å². The van der Waals surface area contributed by atoms with E-state index in [4.69, 9.17) is 4.74 Å². The molecule has 0 aliphatic heterocycles. The molecule has 3 rings (SSSR count). The molecule has 0 unspecified atom stereocenters. The fraction of sp³-hybridized carbons (Fsp3) is 0.263. The van der Waals surface area contributed by atoms with E-state index in [1.54, 1.807) is 0 Å². The van der Waals surface area contributed by atoms with Crippen LogP contribution in [-0.2, 0) is 13.0 Å². The Morgan fingerprint density at radius 3 is 2.85 bits per heavy atom. The predicted octanol–water partition coefficient (Wildman–Crippen LogP) is 3.51. The van der Waals surface area contributed by atoms with E-state index in [2.05, 4.69) is 22.4 Å². The second-order valence-corrected chi connectivity index (χ2v) is 6.05. The Hall–Kier alpha value is -3.06. The average molecular weight is 355 g/mol. The third-order valence-electron chi connectivity index (χ3n) is 4.37.